The van der Waals surface area contributed by atoms with E-state index in [-0.39, 0.29) is 36.9 Å². The molecule has 2 nitrogen and oxygen atoms in total. The Labute approximate surface area is 160 Å². The maximum absolute atomic E-state index is 7.13. The molecule has 0 bridgehead atoms. The van der Waals surface area contributed by atoms with Gasteiger partial charge in [-0.2, -0.15) is 10.3 Å². The number of hydrogen-bond donors (Lipinski definition) is 0. The standard InChI is InChI=1S/2C6H15P.2CNS.Pt/c2*1-4-7(5-2)6-3;2*2-1-3;/h2*4-6H2,1-3H3;;;/q;;2*-1;+2/p+2. The molecule has 0 aliphatic heterocycles. The van der Waals surface area contributed by atoms with Crippen molar-refractivity contribution in [1.82, 2.24) is 0 Å². The molecule has 21 heavy (non-hydrogen) atoms. The van der Waals surface area contributed by atoms with Gasteiger partial charge in [-0.05, 0) is 57.4 Å². The van der Waals surface area contributed by atoms with Gasteiger partial charge in [0.1, 0.15) is 0 Å². The third-order valence-corrected chi connectivity index (χ3v) is 9.00. The van der Waals surface area contributed by atoms with Crippen molar-refractivity contribution in [2.24, 2.45) is 0 Å². The molecule has 0 aliphatic rings. The molecule has 0 aliphatic carbocycles. The van der Waals surface area contributed by atoms with Crippen LogP contribution in [0.25, 0.3) is 10.8 Å². The van der Waals surface area contributed by atoms with Crippen LogP contribution in [-0.2, 0) is 21.1 Å². The maximum atomic E-state index is 7.13. The summed E-state index contributed by atoms with van der Waals surface area (Å²) < 4.78 is 0. The Kier molecular flexibility index (Phi) is 60.0. The smallest absolute Gasteiger partial charge is 0.753 e. The van der Waals surface area contributed by atoms with Crippen molar-refractivity contribution in [2.45, 2.75) is 41.5 Å². The van der Waals surface area contributed by atoms with Gasteiger partial charge in [-0.25, -0.2) is 0 Å². The molecule has 0 aromatic carbocycles. The van der Waals surface area contributed by atoms with Crippen molar-refractivity contribution in [3.05, 3.63) is 10.8 Å². The maximum Gasteiger partial charge on any atom is 2.00 e. The number of nitrogens with zero attached hydrogens (tertiary/aromatic N) is 2. The predicted molar refractivity (Wildman–Crippen MR) is 112 cm³/mol. The normalized spacial score (nSPS) is 7.62. The van der Waals surface area contributed by atoms with E-state index >= 15 is 0 Å². The number of isothiocyanates is 2. The molecule has 0 heterocycles. The van der Waals surface area contributed by atoms with Crippen LogP contribution in [0.3, 0.4) is 0 Å². The molecule has 128 valence electrons. The van der Waals surface area contributed by atoms with Crippen molar-refractivity contribution in [3.8, 4) is 0 Å². The third kappa shape index (κ3) is 44.9. The Bertz CT molecular complexity index is 190. The fourth-order valence-corrected chi connectivity index (χ4v) is 4.50. The molecule has 0 saturated carbocycles. The fraction of sp³-hybridized carbons (Fsp3) is 0.857. The van der Waals surface area contributed by atoms with Crippen LogP contribution >= 0.6 is 40.3 Å². The van der Waals surface area contributed by atoms with Crippen LogP contribution in [0, 0.1) is 0 Å². The van der Waals surface area contributed by atoms with Crippen molar-refractivity contribution in [2.75, 3.05) is 37.0 Å². The molecule has 0 aromatic heterocycles. The van der Waals surface area contributed by atoms with Gasteiger partial charge in [0.05, 0.1) is 37.0 Å². The van der Waals surface area contributed by atoms with Crippen molar-refractivity contribution in [1.29, 1.82) is 0 Å². The van der Waals surface area contributed by atoms with Crippen molar-refractivity contribution < 1.29 is 21.1 Å². The summed E-state index contributed by atoms with van der Waals surface area (Å²) in [5.74, 6) is 0. The first-order chi connectivity index (χ1) is 9.52. The van der Waals surface area contributed by atoms with E-state index in [0.29, 0.717) is 0 Å². The molecule has 0 radical (unpaired) electrons. The summed E-state index contributed by atoms with van der Waals surface area (Å²) in [5, 5.41) is 16.9. The van der Waals surface area contributed by atoms with Gasteiger partial charge in [-0.15, -0.1) is 0 Å². The molecule has 7 heteroatoms. The number of hydrogen-bond acceptors (Lipinski definition) is 2. The summed E-state index contributed by atoms with van der Waals surface area (Å²) >= 11 is 7.40. The van der Waals surface area contributed by atoms with Gasteiger partial charge in [0, 0.05) is 0 Å². The van der Waals surface area contributed by atoms with Crippen LogP contribution in [0.15, 0.2) is 0 Å². The molecule has 0 aromatic rings. The van der Waals surface area contributed by atoms with E-state index in [0.717, 1.165) is 0 Å². The molecule has 0 unspecified atom stereocenters. The Balaban J connectivity index is -0.0000000576. The monoisotopic (exact) mass is 549 g/mol. The second-order valence-electron chi connectivity index (χ2n) is 3.80. The van der Waals surface area contributed by atoms with E-state index in [1.54, 1.807) is 0 Å². The topological polar surface area (TPSA) is 44.6 Å². The zero-order valence-corrected chi connectivity index (χ0v) is 20.2. The van der Waals surface area contributed by atoms with Gasteiger partial charge in [0.15, 0.2) is 0 Å². The van der Waals surface area contributed by atoms with E-state index in [9.17, 15) is 0 Å². The second kappa shape index (κ2) is 37.4. The first-order valence-electron chi connectivity index (χ1n) is 7.22. The van der Waals surface area contributed by atoms with E-state index in [1.807, 2.05) is 0 Å². The van der Waals surface area contributed by atoms with Crippen molar-refractivity contribution in [3.63, 3.8) is 0 Å². The number of rotatable bonds is 6. The molecular formula is C14H32N2P2PtS2+2. The van der Waals surface area contributed by atoms with Crippen LogP contribution in [0.2, 0.25) is 0 Å². The minimum Gasteiger partial charge on any atom is -0.753 e. The van der Waals surface area contributed by atoms with Crippen LogP contribution in [-0.4, -0.2) is 47.3 Å². The Morgan fingerprint density at radius 3 is 0.714 bits per heavy atom. The average molecular weight is 550 g/mol. The summed E-state index contributed by atoms with van der Waals surface area (Å²) in [6, 6.07) is 0. The quantitative estimate of drug-likeness (QED) is 0.238. The summed E-state index contributed by atoms with van der Waals surface area (Å²) in [7, 11) is 0.275. The van der Waals surface area contributed by atoms with Gasteiger partial charge in [-0.3, -0.25) is 0 Å². The van der Waals surface area contributed by atoms with E-state index in [1.165, 1.54) is 47.3 Å². The van der Waals surface area contributed by atoms with Gasteiger partial charge in [-0.1, -0.05) is 24.4 Å². The van der Waals surface area contributed by atoms with E-state index in [2.05, 4.69) is 66.0 Å². The Hall–Kier alpha value is 1.15. The van der Waals surface area contributed by atoms with E-state index in [4.69, 9.17) is 10.8 Å². The fourth-order valence-electron chi connectivity index (χ4n) is 1.50. The number of thiocarbonyl (C=S) groups is 2. The summed E-state index contributed by atoms with van der Waals surface area (Å²) in [5.41, 5.74) is 0. The molecule has 0 fully saturated rings. The van der Waals surface area contributed by atoms with Crippen molar-refractivity contribution >= 4 is 50.6 Å². The minimum atomic E-state index is 0. The minimum absolute atomic E-state index is 0. The largest absolute Gasteiger partial charge is 2.00 e. The molecule has 0 N–H and O–H groups in total. The van der Waals surface area contributed by atoms with Gasteiger partial charge >= 0.3 is 21.1 Å². The van der Waals surface area contributed by atoms with E-state index < -0.39 is 0 Å². The predicted octanol–water partition coefficient (Wildman–Crippen LogP) is 5.84. The van der Waals surface area contributed by atoms with Crippen LogP contribution in [0.4, 0.5) is 0 Å². The first-order valence-corrected chi connectivity index (χ1v) is 12.3. The van der Waals surface area contributed by atoms with Crippen LogP contribution in [0.1, 0.15) is 41.5 Å². The van der Waals surface area contributed by atoms with Crippen LogP contribution in [0.5, 0.6) is 0 Å². The second-order valence-corrected chi connectivity index (χ2v) is 11.4. The van der Waals surface area contributed by atoms with Gasteiger partial charge in [0.2, 0.25) is 0 Å². The SMILES string of the molecule is CC[PH+](CC)CC.CC[PH+](CC)CC.[N-]=C=S.[N-]=C=S.[Pt+2]. The van der Waals surface area contributed by atoms with Gasteiger partial charge < -0.3 is 10.8 Å². The summed E-state index contributed by atoms with van der Waals surface area (Å²) in [4.78, 5) is 0. The molecular weight excluding hydrogens is 517 g/mol. The first kappa shape index (κ1) is 33.7. The average Bonchev–Trinajstić information content (AvgIpc) is 2.45. The molecule has 0 amide bonds. The molecule has 0 atom stereocenters. The Morgan fingerprint density at radius 2 is 0.714 bits per heavy atom. The van der Waals surface area contributed by atoms with Crippen LogP contribution < -0.4 is 0 Å². The third-order valence-electron chi connectivity index (χ3n) is 3.00. The summed E-state index contributed by atoms with van der Waals surface area (Å²) in [6.07, 6.45) is 8.74. The zero-order valence-electron chi connectivity index (χ0n) is 14.3. The molecule has 0 saturated heterocycles. The Morgan fingerprint density at radius 1 is 0.619 bits per heavy atom. The zero-order chi connectivity index (χ0) is 16.8. The molecule has 0 spiro atoms. The van der Waals surface area contributed by atoms with Gasteiger partial charge in [0.25, 0.3) is 0 Å². The molecule has 0 rings (SSSR count). The summed E-state index contributed by atoms with van der Waals surface area (Å²) in [6.45, 7) is 13.8.